The van der Waals surface area contributed by atoms with Crippen LogP contribution in [0.5, 0.6) is 0 Å². The summed E-state index contributed by atoms with van der Waals surface area (Å²) in [5.74, 6) is 0.332. The molecule has 0 bridgehead atoms. The van der Waals surface area contributed by atoms with Gasteiger partial charge in [-0.05, 0) is 26.3 Å². The maximum atomic E-state index is 12.3. The summed E-state index contributed by atoms with van der Waals surface area (Å²) >= 11 is 0. The smallest absolute Gasteiger partial charge is 0.194 e. The zero-order valence-corrected chi connectivity index (χ0v) is 17.6. The van der Waals surface area contributed by atoms with Gasteiger partial charge in [-0.25, -0.2) is 9.97 Å². The predicted molar refractivity (Wildman–Crippen MR) is 106 cm³/mol. The van der Waals surface area contributed by atoms with E-state index in [0.29, 0.717) is 16.9 Å². The van der Waals surface area contributed by atoms with Crippen molar-refractivity contribution in [1.29, 1.82) is 0 Å². The molecule has 9 nitrogen and oxygen atoms in total. The van der Waals surface area contributed by atoms with Crippen molar-refractivity contribution in [3.05, 3.63) is 18.6 Å². The topological polar surface area (TPSA) is 133 Å². The van der Waals surface area contributed by atoms with E-state index in [2.05, 4.69) is 9.97 Å². The fraction of sp³-hybridized carbons (Fsp3) is 0.667. The fourth-order valence-corrected chi connectivity index (χ4v) is 4.55. The van der Waals surface area contributed by atoms with E-state index < -0.39 is 38.2 Å². The Morgan fingerprint density at radius 1 is 1.39 bits per heavy atom. The van der Waals surface area contributed by atoms with Crippen molar-refractivity contribution in [3.63, 3.8) is 0 Å². The van der Waals surface area contributed by atoms with E-state index in [0.717, 1.165) is 6.42 Å². The van der Waals surface area contributed by atoms with Crippen molar-refractivity contribution in [1.82, 2.24) is 14.5 Å². The first-order valence-corrected chi connectivity index (χ1v) is 10.9. The minimum Gasteiger partial charge on any atom is -0.388 e. The first kappa shape index (κ1) is 21.2. The summed E-state index contributed by atoms with van der Waals surface area (Å²) in [5.41, 5.74) is 5.59. The Morgan fingerprint density at radius 2 is 2.11 bits per heavy atom. The van der Waals surface area contributed by atoms with E-state index in [1.165, 1.54) is 6.33 Å². The van der Waals surface area contributed by atoms with Crippen LogP contribution in [0.25, 0.3) is 11.0 Å². The first-order valence-electron chi connectivity index (χ1n) is 9.46. The van der Waals surface area contributed by atoms with Gasteiger partial charge in [0, 0.05) is 18.3 Å². The molecule has 156 valence electrons. The Kier molecular flexibility index (Phi) is 6.12. The van der Waals surface area contributed by atoms with E-state index in [4.69, 9.17) is 15.0 Å². The predicted octanol–water partition coefficient (Wildman–Crippen LogP) is 2.09. The third-order valence-electron chi connectivity index (χ3n) is 5.24. The molecule has 0 aliphatic carbocycles. The molecule has 1 aliphatic rings. The Morgan fingerprint density at radius 3 is 2.79 bits per heavy atom. The molecule has 0 radical (unpaired) electrons. The van der Waals surface area contributed by atoms with Crippen molar-refractivity contribution >= 4 is 24.9 Å². The third kappa shape index (κ3) is 4.09. The van der Waals surface area contributed by atoms with Gasteiger partial charge >= 0.3 is 0 Å². The lowest BCUT2D eigenvalue weighted by atomic mass is 9.97. The summed E-state index contributed by atoms with van der Waals surface area (Å²) in [7, 11) is -2.22. The summed E-state index contributed by atoms with van der Waals surface area (Å²) in [4.78, 5) is 8.16. The number of ether oxygens (including phenoxy) is 1. The van der Waals surface area contributed by atoms with Crippen LogP contribution in [0.3, 0.4) is 0 Å². The average Bonchev–Trinajstić information content (AvgIpc) is 3.18. The van der Waals surface area contributed by atoms with E-state index >= 15 is 0 Å². The quantitative estimate of drug-likeness (QED) is 0.589. The fourth-order valence-electron chi connectivity index (χ4n) is 3.39. The number of anilines is 1. The van der Waals surface area contributed by atoms with Gasteiger partial charge in [-0.2, -0.15) is 0 Å². The number of hydrogen-bond donors (Lipinski definition) is 3. The second-order valence-corrected chi connectivity index (χ2v) is 9.79. The Labute approximate surface area is 164 Å². The lowest BCUT2D eigenvalue weighted by Crippen LogP contribution is -2.36. The zero-order valence-electron chi connectivity index (χ0n) is 16.6. The highest BCUT2D eigenvalue weighted by Gasteiger charge is 2.46. The van der Waals surface area contributed by atoms with Gasteiger partial charge in [0.05, 0.1) is 17.1 Å². The number of aliphatic hydroxyl groups excluding tert-OH is 2. The minimum absolute atomic E-state index is 0.0200. The number of aromatic nitrogens is 3. The van der Waals surface area contributed by atoms with Gasteiger partial charge in [-0.15, -0.1) is 0 Å². The second kappa shape index (κ2) is 8.08. The van der Waals surface area contributed by atoms with Gasteiger partial charge in [0.25, 0.3) is 0 Å². The summed E-state index contributed by atoms with van der Waals surface area (Å²) in [5, 5.41) is 21.7. The van der Waals surface area contributed by atoms with Crippen molar-refractivity contribution < 1.29 is 24.0 Å². The summed E-state index contributed by atoms with van der Waals surface area (Å²) in [6, 6.07) is 1.74. The Bertz CT molecular complexity index is 858. The summed E-state index contributed by atoms with van der Waals surface area (Å²) in [6.45, 7) is 7.48. The number of fused-ring (bicyclic) bond motifs is 1. The van der Waals surface area contributed by atoms with E-state index in [9.17, 15) is 14.8 Å². The monoisotopic (exact) mass is 412 g/mol. The Hall–Kier alpha value is -1.51. The van der Waals surface area contributed by atoms with Gasteiger partial charge in [-0.3, -0.25) is 4.57 Å². The molecule has 10 heteroatoms. The van der Waals surface area contributed by atoms with Crippen molar-refractivity contribution in [2.75, 3.05) is 5.73 Å². The molecule has 1 fully saturated rings. The van der Waals surface area contributed by atoms with Gasteiger partial charge in [0.15, 0.2) is 14.3 Å². The molecule has 6 atom stereocenters. The average molecular weight is 412 g/mol. The van der Waals surface area contributed by atoms with Crippen LogP contribution < -0.4 is 5.73 Å². The van der Waals surface area contributed by atoms with Gasteiger partial charge in [-0.1, -0.05) is 13.8 Å². The maximum Gasteiger partial charge on any atom is 0.194 e. The number of nitrogens with two attached hydrogens (primary N) is 1. The van der Waals surface area contributed by atoms with Crippen LogP contribution in [-0.4, -0.2) is 54.3 Å². The van der Waals surface area contributed by atoms with Crippen LogP contribution in [0.15, 0.2) is 18.6 Å². The lowest BCUT2D eigenvalue weighted by molar-refractivity contribution is -0.0576. The zero-order chi connectivity index (χ0) is 20.6. The van der Waals surface area contributed by atoms with Crippen molar-refractivity contribution in [2.24, 2.45) is 0 Å². The highest BCUT2D eigenvalue weighted by molar-refractivity contribution is 7.40. The molecule has 3 heterocycles. The molecule has 4 N–H and O–H groups in total. The SMILES string of the molecule is CCC(C)[PH](=O)OC(C)(C)CC1O[C@@H](n2ccc3c(N)ncnc32)[C@H](O)C1O. The van der Waals surface area contributed by atoms with Gasteiger partial charge in [0.2, 0.25) is 0 Å². The largest absolute Gasteiger partial charge is 0.388 e. The minimum atomic E-state index is -2.22. The summed E-state index contributed by atoms with van der Waals surface area (Å²) in [6.07, 6.45) is 0.310. The number of hydrogen-bond acceptors (Lipinski definition) is 8. The molecule has 4 unspecified atom stereocenters. The normalized spacial score (nSPS) is 27.9. The second-order valence-electron chi connectivity index (χ2n) is 7.96. The molecule has 1 aliphatic heterocycles. The van der Waals surface area contributed by atoms with Crippen LogP contribution in [-0.2, 0) is 13.8 Å². The van der Waals surface area contributed by atoms with Crippen LogP contribution >= 0.6 is 8.03 Å². The van der Waals surface area contributed by atoms with Crippen LogP contribution in [0.1, 0.15) is 46.8 Å². The number of rotatable bonds is 7. The molecule has 2 aromatic rings. The van der Waals surface area contributed by atoms with Crippen molar-refractivity contribution in [3.8, 4) is 0 Å². The maximum absolute atomic E-state index is 12.3. The van der Waals surface area contributed by atoms with Gasteiger partial charge in [0.1, 0.15) is 30.0 Å². The molecule has 28 heavy (non-hydrogen) atoms. The van der Waals surface area contributed by atoms with Crippen LogP contribution in [0.4, 0.5) is 5.82 Å². The third-order valence-corrected chi connectivity index (χ3v) is 7.20. The molecule has 0 amide bonds. The number of aliphatic hydroxyl groups is 2. The molecule has 2 aromatic heterocycles. The standard InChI is InChI=1S/C18H29N4O5P/c1-5-10(2)28(25)27-18(3,4)8-12-13(23)14(24)17(26-12)22-7-6-11-15(19)20-9-21-16(11)22/h6-7,9-10,12-14,17,23-24,28H,5,8H2,1-4H3,(H2,19,20,21)/t10?,12?,13?,14-,17-/m1/s1. The molecule has 0 aromatic carbocycles. The van der Waals surface area contributed by atoms with Crippen molar-refractivity contribution in [2.45, 2.75) is 76.3 Å². The highest BCUT2D eigenvalue weighted by atomic mass is 31.1. The summed E-state index contributed by atoms with van der Waals surface area (Å²) < 4.78 is 25.7. The highest BCUT2D eigenvalue weighted by Crippen LogP contribution is 2.41. The molecule has 3 rings (SSSR count). The number of nitrogens with zero attached hydrogens (tertiary/aromatic N) is 3. The molecular formula is C18H29N4O5P. The van der Waals surface area contributed by atoms with E-state index in [-0.39, 0.29) is 12.1 Å². The first-order chi connectivity index (χ1) is 13.1. The van der Waals surface area contributed by atoms with E-state index in [1.54, 1.807) is 16.8 Å². The van der Waals surface area contributed by atoms with Crippen LogP contribution in [0, 0.1) is 0 Å². The molecular weight excluding hydrogens is 383 g/mol. The molecule has 0 saturated carbocycles. The molecule has 0 spiro atoms. The molecule has 1 saturated heterocycles. The lowest BCUT2D eigenvalue weighted by Gasteiger charge is -2.30. The van der Waals surface area contributed by atoms with Crippen LogP contribution in [0.2, 0.25) is 0 Å². The van der Waals surface area contributed by atoms with E-state index in [1.807, 2.05) is 27.7 Å². The van der Waals surface area contributed by atoms with Gasteiger partial charge < -0.3 is 29.8 Å². The Balaban J connectivity index is 1.77. The number of nitrogen functional groups attached to an aromatic ring is 1.